The van der Waals surface area contributed by atoms with Gasteiger partial charge in [-0.2, -0.15) is 0 Å². The number of aromatic nitrogens is 2. The molecule has 1 aromatic heterocycles. The van der Waals surface area contributed by atoms with E-state index in [4.69, 9.17) is 22.1 Å². The molecule has 9 nitrogen and oxygen atoms in total. The second-order valence-electron chi connectivity index (χ2n) is 8.42. The summed E-state index contributed by atoms with van der Waals surface area (Å²) in [6.07, 6.45) is -0.725. The lowest BCUT2D eigenvalue weighted by Crippen LogP contribution is -2.54. The summed E-state index contributed by atoms with van der Waals surface area (Å²) < 4.78 is 20.0. The number of carbonyl (C=O) groups is 1. The predicted molar refractivity (Wildman–Crippen MR) is 125 cm³/mol. The molecule has 3 aromatic rings. The number of ether oxygens (including phenoxy) is 1. The van der Waals surface area contributed by atoms with E-state index in [2.05, 4.69) is 15.3 Å². The van der Waals surface area contributed by atoms with Crippen molar-refractivity contribution in [3.63, 3.8) is 0 Å². The molecule has 1 aliphatic rings. The van der Waals surface area contributed by atoms with E-state index in [1.54, 1.807) is 36.2 Å². The van der Waals surface area contributed by atoms with Crippen LogP contribution in [0.2, 0.25) is 5.02 Å². The third-order valence-electron chi connectivity index (χ3n) is 6.38. The Labute approximate surface area is 200 Å². The van der Waals surface area contributed by atoms with Gasteiger partial charge in [0, 0.05) is 36.4 Å². The van der Waals surface area contributed by atoms with Crippen molar-refractivity contribution in [2.24, 2.45) is 5.73 Å². The van der Waals surface area contributed by atoms with Crippen LogP contribution in [0.5, 0.6) is 5.75 Å². The number of anilines is 2. The topological polar surface area (TPSA) is 134 Å². The van der Waals surface area contributed by atoms with Gasteiger partial charge in [0.15, 0.2) is 5.82 Å². The Hall–Kier alpha value is -3.05. The highest BCUT2D eigenvalue weighted by atomic mass is 35.5. The minimum absolute atomic E-state index is 0.0137. The van der Waals surface area contributed by atoms with Crippen LogP contribution in [0.4, 0.5) is 15.9 Å². The molecule has 11 heteroatoms. The first-order valence-corrected chi connectivity index (χ1v) is 10.9. The summed E-state index contributed by atoms with van der Waals surface area (Å²) in [5, 5.41) is 23.7. The molecule has 1 heterocycles. The number of hydrogen-bond donors (Lipinski definition) is 4. The van der Waals surface area contributed by atoms with E-state index in [0.29, 0.717) is 28.0 Å². The average molecular weight is 490 g/mol. The number of carbonyl (C=O) groups excluding carboxylic acids is 1. The highest BCUT2D eigenvalue weighted by Crippen LogP contribution is 2.38. The quantitative estimate of drug-likeness (QED) is 0.397. The maximum Gasteiger partial charge on any atom is 0.238 e. The molecule has 1 fully saturated rings. The number of halogens is 2. The van der Waals surface area contributed by atoms with Crippen molar-refractivity contribution in [2.45, 2.75) is 37.1 Å². The number of nitrogens with two attached hydrogens (primary N) is 1. The molecule has 0 spiro atoms. The molecule has 1 amide bonds. The van der Waals surface area contributed by atoms with Gasteiger partial charge in [-0.05, 0) is 25.2 Å². The zero-order valence-corrected chi connectivity index (χ0v) is 19.4. The van der Waals surface area contributed by atoms with Gasteiger partial charge in [0.25, 0.3) is 0 Å². The summed E-state index contributed by atoms with van der Waals surface area (Å²) in [6.45, 7) is 0.210. The SMILES string of the molecule is COc1cc2ncnc(Nc3cccc(Cl)c3F)c2cc1CN(C)C1(C(N)=O)C[C@@H](O)[C@@H](O)C1. The molecule has 0 aliphatic heterocycles. The van der Waals surface area contributed by atoms with Crippen LogP contribution in [-0.4, -0.2) is 62.9 Å². The fraction of sp³-hybridized carbons (Fsp3) is 0.348. The first-order valence-electron chi connectivity index (χ1n) is 10.6. The second kappa shape index (κ2) is 9.30. The molecule has 4 rings (SSSR count). The number of nitrogens with zero attached hydrogens (tertiary/aromatic N) is 3. The zero-order valence-electron chi connectivity index (χ0n) is 18.6. The lowest BCUT2D eigenvalue weighted by Gasteiger charge is -2.36. The zero-order chi connectivity index (χ0) is 24.6. The van der Waals surface area contributed by atoms with Gasteiger partial charge in [-0.25, -0.2) is 14.4 Å². The van der Waals surface area contributed by atoms with E-state index < -0.39 is 29.5 Å². The standard InChI is InChI=1S/C23H25ClFN5O4/c1-30(23(22(26)33)8-17(31)18(32)9-23)10-12-6-13-16(7-19(12)34-2)27-11-28-21(13)29-15-5-3-4-14(24)20(15)25/h3-7,11,17-18,31-32H,8-10H2,1-2H3,(H2,26,33)(H,27,28,29)/t17-,18+,23?. The third-order valence-corrected chi connectivity index (χ3v) is 6.67. The summed E-state index contributed by atoms with van der Waals surface area (Å²) in [4.78, 5) is 22.6. The van der Waals surface area contributed by atoms with Crippen LogP contribution in [0.15, 0.2) is 36.7 Å². The van der Waals surface area contributed by atoms with Crippen LogP contribution >= 0.6 is 11.6 Å². The summed E-state index contributed by atoms with van der Waals surface area (Å²) >= 11 is 5.90. The molecular weight excluding hydrogens is 465 g/mol. The molecule has 34 heavy (non-hydrogen) atoms. The van der Waals surface area contributed by atoms with Crippen molar-refractivity contribution in [2.75, 3.05) is 19.5 Å². The van der Waals surface area contributed by atoms with Crippen molar-refractivity contribution >= 4 is 39.9 Å². The van der Waals surface area contributed by atoms with Gasteiger partial charge >= 0.3 is 0 Å². The molecule has 1 saturated carbocycles. The van der Waals surface area contributed by atoms with Crippen molar-refractivity contribution in [1.29, 1.82) is 0 Å². The summed E-state index contributed by atoms with van der Waals surface area (Å²) in [5.74, 6) is -0.371. The Morgan fingerprint density at radius 3 is 2.68 bits per heavy atom. The van der Waals surface area contributed by atoms with E-state index in [1.165, 1.54) is 19.5 Å². The number of amides is 1. The van der Waals surface area contributed by atoms with Crippen molar-refractivity contribution in [3.8, 4) is 5.75 Å². The van der Waals surface area contributed by atoms with Gasteiger partial charge in [-0.1, -0.05) is 17.7 Å². The smallest absolute Gasteiger partial charge is 0.238 e. The maximum atomic E-state index is 14.5. The summed E-state index contributed by atoms with van der Waals surface area (Å²) in [6, 6.07) is 8.11. The van der Waals surface area contributed by atoms with E-state index >= 15 is 0 Å². The van der Waals surface area contributed by atoms with E-state index in [0.717, 1.165) is 0 Å². The molecule has 1 aliphatic carbocycles. The molecule has 3 atom stereocenters. The largest absolute Gasteiger partial charge is 0.496 e. The van der Waals surface area contributed by atoms with Crippen molar-refractivity contribution in [1.82, 2.24) is 14.9 Å². The number of nitrogens with one attached hydrogen (secondary N) is 1. The first kappa shape index (κ1) is 24.1. The Kier molecular flexibility index (Phi) is 6.59. The minimum Gasteiger partial charge on any atom is -0.496 e. The maximum absolute atomic E-state index is 14.5. The lowest BCUT2D eigenvalue weighted by molar-refractivity contribution is -0.130. The van der Waals surface area contributed by atoms with Gasteiger partial charge in [0.05, 0.1) is 35.5 Å². The fourth-order valence-electron chi connectivity index (χ4n) is 4.43. The summed E-state index contributed by atoms with van der Waals surface area (Å²) in [7, 11) is 3.21. The average Bonchev–Trinajstić information content (AvgIpc) is 3.12. The Bertz CT molecular complexity index is 1230. The highest BCUT2D eigenvalue weighted by Gasteiger charge is 2.51. The number of benzene rings is 2. The van der Waals surface area contributed by atoms with E-state index in [1.807, 2.05) is 0 Å². The number of aliphatic hydroxyl groups is 2. The molecule has 180 valence electrons. The molecular formula is C23H25ClFN5O4. The van der Waals surface area contributed by atoms with Crippen LogP contribution in [0, 0.1) is 5.82 Å². The highest BCUT2D eigenvalue weighted by molar-refractivity contribution is 6.31. The molecule has 1 unspecified atom stereocenters. The number of methoxy groups -OCH3 is 1. The van der Waals surface area contributed by atoms with Gasteiger partial charge < -0.3 is 26.0 Å². The van der Waals surface area contributed by atoms with Gasteiger partial charge in [-0.15, -0.1) is 0 Å². The van der Waals surface area contributed by atoms with E-state index in [9.17, 15) is 19.4 Å². The van der Waals surface area contributed by atoms with Gasteiger partial charge in [0.1, 0.15) is 23.4 Å². The van der Waals surface area contributed by atoms with Crippen LogP contribution < -0.4 is 15.8 Å². The molecule has 0 bridgehead atoms. The van der Waals surface area contributed by atoms with Crippen molar-refractivity contribution < 1.29 is 24.1 Å². The first-order chi connectivity index (χ1) is 16.2. The van der Waals surface area contributed by atoms with Gasteiger partial charge in [-0.3, -0.25) is 9.69 Å². The van der Waals surface area contributed by atoms with Gasteiger partial charge in [0.2, 0.25) is 5.91 Å². The molecule has 2 aromatic carbocycles. The molecule has 5 N–H and O–H groups in total. The number of hydrogen-bond acceptors (Lipinski definition) is 8. The van der Waals surface area contributed by atoms with Crippen LogP contribution in [0.1, 0.15) is 18.4 Å². The lowest BCUT2D eigenvalue weighted by atomic mass is 9.93. The third kappa shape index (κ3) is 4.25. The Morgan fingerprint density at radius 2 is 2.03 bits per heavy atom. The van der Waals surface area contributed by atoms with Crippen LogP contribution in [0.3, 0.4) is 0 Å². The number of rotatable bonds is 7. The number of primary amides is 1. The Balaban J connectivity index is 1.73. The monoisotopic (exact) mass is 489 g/mol. The number of likely N-dealkylation sites (N-methyl/N-ethyl adjacent to an activating group) is 1. The molecule has 0 radical (unpaired) electrons. The molecule has 0 saturated heterocycles. The normalized spacial score (nSPS) is 22.3. The summed E-state index contributed by atoms with van der Waals surface area (Å²) in [5.41, 5.74) is 5.86. The minimum atomic E-state index is -1.23. The predicted octanol–water partition coefficient (Wildman–Crippen LogP) is 2.35. The number of fused-ring (bicyclic) bond motifs is 1. The van der Waals surface area contributed by atoms with E-state index in [-0.39, 0.29) is 30.1 Å². The van der Waals surface area contributed by atoms with Crippen molar-refractivity contribution in [3.05, 3.63) is 53.1 Å². The van der Waals surface area contributed by atoms with Crippen LogP contribution in [-0.2, 0) is 11.3 Å². The Morgan fingerprint density at radius 1 is 1.32 bits per heavy atom. The second-order valence-corrected chi connectivity index (χ2v) is 8.83. The fourth-order valence-corrected chi connectivity index (χ4v) is 4.60. The van der Waals surface area contributed by atoms with Crippen LogP contribution in [0.25, 0.3) is 10.9 Å². The number of aliphatic hydroxyl groups excluding tert-OH is 2.